The Hall–Kier alpha value is -0.805. The minimum atomic E-state index is -0.530. The molecule has 0 unspecified atom stereocenters. The van der Waals surface area contributed by atoms with Gasteiger partial charge in [-0.05, 0) is 34.9 Å². The van der Waals surface area contributed by atoms with Crippen LogP contribution in [0.25, 0.3) is 11.0 Å². The average molecular weight is 239 g/mol. The van der Waals surface area contributed by atoms with E-state index in [4.69, 9.17) is 0 Å². The van der Waals surface area contributed by atoms with Crippen LogP contribution in [0.2, 0.25) is 6.82 Å². The second kappa shape index (κ2) is 3.16. The molecule has 2 rings (SSSR count). The Morgan fingerprint density at radius 2 is 2.38 bits per heavy atom. The first kappa shape index (κ1) is 8.78. The third kappa shape index (κ3) is 1.38. The van der Waals surface area contributed by atoms with Crippen LogP contribution < -0.4 is 0 Å². The van der Waals surface area contributed by atoms with Crippen LogP contribution in [0, 0.1) is 0 Å². The minimum Gasteiger partial charge on any atom is -0.432 e. The van der Waals surface area contributed by atoms with E-state index in [2.05, 4.69) is 20.9 Å². The molecule has 2 aromatic rings. The summed E-state index contributed by atoms with van der Waals surface area (Å²) in [5, 5.41) is 9.45. The van der Waals surface area contributed by atoms with Crippen molar-refractivity contribution < 1.29 is 5.02 Å². The van der Waals surface area contributed by atoms with Gasteiger partial charge in [-0.25, -0.2) is 0 Å². The number of fused-ring (bicyclic) bond motifs is 1. The third-order valence-corrected chi connectivity index (χ3v) is 2.53. The third-order valence-electron chi connectivity index (χ3n) is 1.95. The van der Waals surface area contributed by atoms with Gasteiger partial charge in [-0.2, -0.15) is 0 Å². The van der Waals surface area contributed by atoms with E-state index >= 15 is 0 Å². The van der Waals surface area contributed by atoms with E-state index in [1.54, 1.807) is 17.5 Å². The van der Waals surface area contributed by atoms with Gasteiger partial charge in [-0.3, -0.25) is 4.98 Å². The second-order valence-electron chi connectivity index (χ2n) is 2.89. The first-order valence-corrected chi connectivity index (χ1v) is 4.78. The van der Waals surface area contributed by atoms with E-state index in [1.807, 2.05) is 18.3 Å². The van der Waals surface area contributed by atoms with Crippen LogP contribution in [0.5, 0.6) is 0 Å². The van der Waals surface area contributed by atoms with Crippen LogP contribution in [-0.2, 0) is 0 Å². The molecule has 2 aromatic heterocycles. The molecule has 0 bridgehead atoms. The topological polar surface area (TPSA) is 38.0 Å². The largest absolute Gasteiger partial charge is 0.432 e. The number of rotatable bonds is 1. The van der Waals surface area contributed by atoms with Crippen molar-refractivity contribution in [3.8, 4) is 0 Å². The lowest BCUT2D eigenvalue weighted by Gasteiger charge is -2.02. The zero-order valence-electron chi connectivity index (χ0n) is 7.11. The summed E-state index contributed by atoms with van der Waals surface area (Å²) in [5.74, 6) is 0. The maximum Gasteiger partial charge on any atom is 0.413 e. The highest BCUT2D eigenvalue weighted by molar-refractivity contribution is 9.10. The smallest absolute Gasteiger partial charge is 0.413 e. The quantitative estimate of drug-likeness (QED) is 0.769. The summed E-state index contributed by atoms with van der Waals surface area (Å²) >= 11 is 3.39. The Labute approximate surface area is 84.7 Å². The van der Waals surface area contributed by atoms with Gasteiger partial charge in [-0.1, -0.05) is 0 Å². The SMILES string of the molecule is CB(O)n1cc(Br)c2ncccc21. The lowest BCUT2D eigenvalue weighted by molar-refractivity contribution is 0.566. The highest BCUT2D eigenvalue weighted by atomic mass is 79.9. The fraction of sp³-hybridized carbons (Fsp3) is 0.125. The zero-order valence-corrected chi connectivity index (χ0v) is 8.69. The molecule has 2 heterocycles. The zero-order chi connectivity index (χ0) is 9.42. The molecular weight excluding hydrogens is 231 g/mol. The fourth-order valence-corrected chi connectivity index (χ4v) is 1.88. The number of nitrogens with zero attached hydrogens (tertiary/aromatic N) is 2. The number of hydrogen-bond donors (Lipinski definition) is 1. The first-order chi connectivity index (χ1) is 6.20. The summed E-state index contributed by atoms with van der Waals surface area (Å²) < 4.78 is 2.68. The van der Waals surface area contributed by atoms with E-state index in [0.717, 1.165) is 15.5 Å². The number of pyridine rings is 1. The number of aromatic nitrogens is 2. The lowest BCUT2D eigenvalue weighted by atomic mass is 9.88. The molecule has 0 saturated carbocycles. The van der Waals surface area contributed by atoms with Crippen LogP contribution in [0.1, 0.15) is 0 Å². The summed E-state index contributed by atoms with van der Waals surface area (Å²) in [6.45, 7) is 1.72. The van der Waals surface area contributed by atoms with Gasteiger partial charge >= 0.3 is 7.05 Å². The molecule has 0 aliphatic carbocycles. The average Bonchev–Trinajstić information content (AvgIpc) is 2.45. The van der Waals surface area contributed by atoms with E-state index in [-0.39, 0.29) is 0 Å². The summed E-state index contributed by atoms with van der Waals surface area (Å²) in [7, 11) is -0.530. The molecular formula is C8H8BBrN2O. The van der Waals surface area contributed by atoms with Crippen molar-refractivity contribution in [1.29, 1.82) is 0 Å². The fourth-order valence-electron chi connectivity index (χ4n) is 1.35. The maximum atomic E-state index is 9.45. The van der Waals surface area contributed by atoms with Crippen molar-refractivity contribution >= 4 is 34.0 Å². The van der Waals surface area contributed by atoms with Gasteiger partial charge in [0.2, 0.25) is 0 Å². The Morgan fingerprint density at radius 1 is 1.62 bits per heavy atom. The summed E-state index contributed by atoms with van der Waals surface area (Å²) in [5.41, 5.74) is 1.81. The maximum absolute atomic E-state index is 9.45. The van der Waals surface area contributed by atoms with Gasteiger partial charge in [-0.15, -0.1) is 0 Å². The van der Waals surface area contributed by atoms with E-state index < -0.39 is 7.05 Å². The highest BCUT2D eigenvalue weighted by Crippen LogP contribution is 2.23. The Balaban J connectivity index is 2.78. The lowest BCUT2D eigenvalue weighted by Crippen LogP contribution is -2.17. The molecule has 0 aliphatic rings. The molecule has 3 nitrogen and oxygen atoms in total. The first-order valence-electron chi connectivity index (χ1n) is 3.99. The highest BCUT2D eigenvalue weighted by Gasteiger charge is 2.12. The predicted molar refractivity (Wildman–Crippen MR) is 56.7 cm³/mol. The van der Waals surface area contributed by atoms with Crippen molar-refractivity contribution in [2.75, 3.05) is 0 Å². The Kier molecular flexibility index (Phi) is 2.13. The van der Waals surface area contributed by atoms with Crippen molar-refractivity contribution in [2.24, 2.45) is 0 Å². The molecule has 0 aliphatic heterocycles. The van der Waals surface area contributed by atoms with Gasteiger partial charge < -0.3 is 9.50 Å². The van der Waals surface area contributed by atoms with Crippen molar-refractivity contribution in [1.82, 2.24) is 9.46 Å². The molecule has 0 amide bonds. The van der Waals surface area contributed by atoms with Crippen LogP contribution in [-0.4, -0.2) is 21.5 Å². The summed E-state index contributed by atoms with van der Waals surface area (Å²) in [6.07, 6.45) is 3.57. The monoisotopic (exact) mass is 238 g/mol. The second-order valence-corrected chi connectivity index (χ2v) is 3.74. The van der Waals surface area contributed by atoms with Crippen molar-refractivity contribution in [2.45, 2.75) is 6.82 Å². The Bertz CT molecular complexity index is 441. The minimum absolute atomic E-state index is 0.530. The van der Waals surface area contributed by atoms with Gasteiger partial charge in [0.25, 0.3) is 0 Å². The molecule has 0 fully saturated rings. The van der Waals surface area contributed by atoms with Gasteiger partial charge in [0.15, 0.2) is 0 Å². The summed E-state index contributed by atoms with van der Waals surface area (Å²) in [4.78, 5) is 4.20. The van der Waals surface area contributed by atoms with Crippen LogP contribution in [0.15, 0.2) is 29.0 Å². The van der Waals surface area contributed by atoms with E-state index in [0.29, 0.717) is 0 Å². The Morgan fingerprint density at radius 3 is 3.08 bits per heavy atom. The van der Waals surface area contributed by atoms with Crippen LogP contribution in [0.4, 0.5) is 0 Å². The molecule has 0 spiro atoms. The molecule has 13 heavy (non-hydrogen) atoms. The van der Waals surface area contributed by atoms with Crippen molar-refractivity contribution in [3.05, 3.63) is 29.0 Å². The molecule has 0 radical (unpaired) electrons. The molecule has 0 saturated heterocycles. The number of halogens is 1. The van der Waals surface area contributed by atoms with Gasteiger partial charge in [0.1, 0.15) is 5.52 Å². The molecule has 5 heteroatoms. The predicted octanol–water partition coefficient (Wildman–Crippen LogP) is 1.76. The van der Waals surface area contributed by atoms with Gasteiger partial charge in [0.05, 0.1) is 9.99 Å². The van der Waals surface area contributed by atoms with Gasteiger partial charge in [0, 0.05) is 12.4 Å². The molecule has 0 atom stereocenters. The molecule has 0 aromatic carbocycles. The van der Waals surface area contributed by atoms with Crippen molar-refractivity contribution in [3.63, 3.8) is 0 Å². The molecule has 66 valence electrons. The molecule has 1 N–H and O–H groups in total. The number of hydrogen-bond acceptors (Lipinski definition) is 2. The van der Waals surface area contributed by atoms with E-state index in [1.165, 1.54) is 0 Å². The standard InChI is InChI=1S/C8H8BBrN2O/c1-9(13)12-5-6(10)8-7(12)3-2-4-11-8/h2-5,13H,1H3. The summed E-state index contributed by atoms with van der Waals surface area (Å²) in [6, 6.07) is 3.79. The van der Waals surface area contributed by atoms with Crippen LogP contribution in [0.3, 0.4) is 0 Å². The van der Waals surface area contributed by atoms with E-state index in [9.17, 15) is 5.02 Å². The normalized spacial score (nSPS) is 10.7. The van der Waals surface area contributed by atoms with Crippen LogP contribution >= 0.6 is 15.9 Å².